The zero-order chi connectivity index (χ0) is 21.7. The van der Waals surface area contributed by atoms with Crippen LogP contribution in [0.1, 0.15) is 40.9 Å². The van der Waals surface area contributed by atoms with E-state index >= 15 is 0 Å². The molecule has 0 spiro atoms. The number of nitrogens with zero attached hydrogens (tertiary/aromatic N) is 2. The Bertz CT molecular complexity index is 914. The molecule has 2 aromatic carbocycles. The second-order valence-electron chi connectivity index (χ2n) is 7.54. The number of amides is 1. The van der Waals surface area contributed by atoms with Gasteiger partial charge < -0.3 is 20.1 Å². The number of aliphatic hydroxyl groups excluding tert-OH is 1. The van der Waals surface area contributed by atoms with E-state index in [0.717, 1.165) is 40.1 Å². The molecule has 1 aliphatic carbocycles. The van der Waals surface area contributed by atoms with E-state index in [0.29, 0.717) is 18.6 Å². The van der Waals surface area contributed by atoms with Crippen molar-refractivity contribution < 1.29 is 14.6 Å². The van der Waals surface area contributed by atoms with Crippen LogP contribution in [0, 0.1) is 0 Å². The number of rotatable bonds is 7. The molecule has 1 amide bonds. The van der Waals surface area contributed by atoms with E-state index in [4.69, 9.17) is 9.73 Å². The fourth-order valence-electron chi connectivity index (χ4n) is 3.56. The lowest BCUT2D eigenvalue weighted by atomic mass is 10.1. The highest BCUT2D eigenvalue weighted by molar-refractivity contribution is 9.10. The largest absolute Gasteiger partial charge is 0.390 e. The number of halogens is 1. The number of benzene rings is 2. The summed E-state index contributed by atoms with van der Waals surface area (Å²) >= 11 is 3.37. The van der Waals surface area contributed by atoms with Crippen molar-refractivity contribution in [2.45, 2.75) is 31.9 Å². The molecule has 0 saturated heterocycles. The smallest absolute Gasteiger partial charge is 0.251 e. The van der Waals surface area contributed by atoms with Gasteiger partial charge in [0, 0.05) is 43.8 Å². The van der Waals surface area contributed by atoms with Gasteiger partial charge in [0.25, 0.3) is 5.91 Å². The van der Waals surface area contributed by atoms with Gasteiger partial charge in [0.05, 0.1) is 17.8 Å². The predicted molar refractivity (Wildman–Crippen MR) is 122 cm³/mol. The number of ether oxygens (including phenoxy) is 1. The first-order chi connectivity index (χ1) is 14.4. The van der Waals surface area contributed by atoms with E-state index in [1.54, 1.807) is 19.2 Å². The summed E-state index contributed by atoms with van der Waals surface area (Å²) < 4.78 is 6.02. The molecule has 2 N–H and O–H groups in total. The third kappa shape index (κ3) is 5.47. The van der Waals surface area contributed by atoms with Gasteiger partial charge in [-0.15, -0.1) is 0 Å². The maximum absolute atomic E-state index is 12.7. The highest BCUT2D eigenvalue weighted by Crippen LogP contribution is 2.34. The number of nitrogens with one attached hydrogen (secondary N) is 1. The second kappa shape index (κ2) is 10.2. The average Bonchev–Trinajstić information content (AvgIpc) is 3.03. The molecule has 0 aromatic heterocycles. The summed E-state index contributed by atoms with van der Waals surface area (Å²) in [5.74, 6) is 0.697. The summed E-state index contributed by atoms with van der Waals surface area (Å²) in [4.78, 5) is 19.5. The molecule has 0 radical (unpaired) electrons. The normalized spacial score (nSPS) is 18.2. The molecule has 0 heterocycles. The van der Waals surface area contributed by atoms with Gasteiger partial charge in [-0.3, -0.25) is 4.79 Å². The Labute approximate surface area is 186 Å². The van der Waals surface area contributed by atoms with Crippen LogP contribution in [0.5, 0.6) is 0 Å². The maximum Gasteiger partial charge on any atom is 0.251 e. The lowest BCUT2D eigenvalue weighted by Gasteiger charge is -2.19. The lowest BCUT2D eigenvalue weighted by molar-refractivity contribution is 0.0858. The number of aliphatic hydroxyl groups is 1. The average molecular weight is 474 g/mol. The van der Waals surface area contributed by atoms with Crippen LogP contribution in [0.25, 0.3) is 0 Å². The number of aliphatic imine (C=N–C) groups is 1. The maximum atomic E-state index is 12.7. The first kappa shape index (κ1) is 22.5. The van der Waals surface area contributed by atoms with E-state index in [2.05, 4.69) is 26.1 Å². The van der Waals surface area contributed by atoms with E-state index in [1.807, 2.05) is 44.3 Å². The molecule has 160 valence electrons. The van der Waals surface area contributed by atoms with Gasteiger partial charge in [-0.1, -0.05) is 22.0 Å². The fraction of sp³-hybridized carbons (Fsp3) is 0.391. The summed E-state index contributed by atoms with van der Waals surface area (Å²) in [6.45, 7) is 3.55. The Balaban J connectivity index is 1.75. The quantitative estimate of drug-likeness (QED) is 0.363. The van der Waals surface area contributed by atoms with Crippen LogP contribution in [0.15, 0.2) is 51.9 Å². The summed E-state index contributed by atoms with van der Waals surface area (Å²) in [6, 6.07) is 12.6. The standard InChI is InChI=1S/C23H28BrN3O3/c1-15(27(2)11-4-12-30-3)25-19-10-7-17-13-21(28)22(20(17)14-19)26-23(29)16-5-8-18(24)9-6-16/h5-10,14,21-22,28H,4,11-13H2,1-3H3,(H,26,29). The number of amidine groups is 1. The monoisotopic (exact) mass is 473 g/mol. The molecule has 0 bridgehead atoms. The topological polar surface area (TPSA) is 74.2 Å². The molecule has 30 heavy (non-hydrogen) atoms. The summed E-state index contributed by atoms with van der Waals surface area (Å²) in [5.41, 5.74) is 3.32. The molecule has 2 unspecified atom stereocenters. The highest BCUT2D eigenvalue weighted by atomic mass is 79.9. The molecule has 7 heteroatoms. The van der Waals surface area contributed by atoms with Crippen LogP contribution < -0.4 is 5.32 Å². The van der Waals surface area contributed by atoms with E-state index < -0.39 is 12.1 Å². The third-order valence-electron chi connectivity index (χ3n) is 5.36. The van der Waals surface area contributed by atoms with E-state index in [-0.39, 0.29) is 5.91 Å². The van der Waals surface area contributed by atoms with Crippen LogP contribution in [0.2, 0.25) is 0 Å². The van der Waals surface area contributed by atoms with Crippen LogP contribution in [0.4, 0.5) is 5.69 Å². The molecule has 6 nitrogen and oxygen atoms in total. The number of carbonyl (C=O) groups is 1. The number of fused-ring (bicyclic) bond motifs is 1. The zero-order valence-corrected chi connectivity index (χ0v) is 19.1. The van der Waals surface area contributed by atoms with Gasteiger partial charge in [0.1, 0.15) is 5.84 Å². The minimum Gasteiger partial charge on any atom is -0.390 e. The summed E-state index contributed by atoms with van der Waals surface area (Å²) in [7, 11) is 3.71. The molecule has 0 fully saturated rings. The highest BCUT2D eigenvalue weighted by Gasteiger charge is 2.32. The van der Waals surface area contributed by atoms with Gasteiger partial charge in [0.15, 0.2) is 0 Å². The van der Waals surface area contributed by atoms with Crippen LogP contribution in [-0.4, -0.2) is 55.2 Å². The molecule has 1 aliphatic rings. The van der Waals surface area contributed by atoms with Crippen molar-refractivity contribution in [1.29, 1.82) is 0 Å². The Morgan fingerprint density at radius 1 is 1.30 bits per heavy atom. The van der Waals surface area contributed by atoms with Crippen molar-refractivity contribution in [2.24, 2.45) is 4.99 Å². The number of hydrogen-bond acceptors (Lipinski definition) is 4. The Morgan fingerprint density at radius 2 is 2.03 bits per heavy atom. The molecule has 0 aliphatic heterocycles. The van der Waals surface area contributed by atoms with Crippen molar-refractivity contribution in [3.05, 3.63) is 63.6 Å². The van der Waals surface area contributed by atoms with Crippen molar-refractivity contribution >= 4 is 33.4 Å². The zero-order valence-electron chi connectivity index (χ0n) is 17.6. The minimum atomic E-state index is -0.656. The molecule has 2 aromatic rings. The number of methoxy groups -OCH3 is 1. The Morgan fingerprint density at radius 3 is 2.73 bits per heavy atom. The SMILES string of the molecule is COCCCN(C)C(C)=Nc1ccc2c(c1)C(NC(=O)c1ccc(Br)cc1)C(O)C2. The fourth-order valence-corrected chi connectivity index (χ4v) is 3.82. The Hall–Kier alpha value is -2.22. The summed E-state index contributed by atoms with van der Waals surface area (Å²) in [5, 5.41) is 13.5. The predicted octanol–water partition coefficient (Wildman–Crippen LogP) is 3.86. The first-order valence-corrected chi connectivity index (χ1v) is 10.8. The van der Waals surface area contributed by atoms with Gasteiger partial charge in [-0.05, 0) is 60.9 Å². The third-order valence-corrected chi connectivity index (χ3v) is 5.89. The molecule has 2 atom stereocenters. The van der Waals surface area contributed by atoms with Crippen molar-refractivity contribution in [3.63, 3.8) is 0 Å². The van der Waals surface area contributed by atoms with Gasteiger partial charge in [-0.2, -0.15) is 0 Å². The second-order valence-corrected chi connectivity index (χ2v) is 8.46. The van der Waals surface area contributed by atoms with E-state index in [9.17, 15) is 9.90 Å². The van der Waals surface area contributed by atoms with Gasteiger partial charge >= 0.3 is 0 Å². The van der Waals surface area contributed by atoms with Crippen LogP contribution in [0.3, 0.4) is 0 Å². The summed E-state index contributed by atoms with van der Waals surface area (Å²) in [6.07, 6.45) is 0.789. The van der Waals surface area contributed by atoms with Crippen molar-refractivity contribution in [3.8, 4) is 0 Å². The number of hydrogen-bond donors (Lipinski definition) is 2. The van der Waals surface area contributed by atoms with Gasteiger partial charge in [-0.25, -0.2) is 4.99 Å². The molecule has 0 saturated carbocycles. The van der Waals surface area contributed by atoms with Crippen molar-refractivity contribution in [1.82, 2.24) is 10.2 Å². The number of carbonyl (C=O) groups excluding carboxylic acids is 1. The first-order valence-electron chi connectivity index (χ1n) is 10.0. The van der Waals surface area contributed by atoms with Crippen LogP contribution in [-0.2, 0) is 11.2 Å². The van der Waals surface area contributed by atoms with E-state index in [1.165, 1.54) is 0 Å². The van der Waals surface area contributed by atoms with Crippen LogP contribution >= 0.6 is 15.9 Å². The minimum absolute atomic E-state index is 0.206. The molecule has 3 rings (SSSR count). The van der Waals surface area contributed by atoms with Crippen molar-refractivity contribution in [2.75, 3.05) is 27.3 Å². The molecular formula is C23H28BrN3O3. The lowest BCUT2D eigenvalue weighted by Crippen LogP contribution is -2.33. The molecular weight excluding hydrogens is 446 g/mol. The van der Waals surface area contributed by atoms with Gasteiger partial charge in [0.2, 0.25) is 0 Å². The Kier molecular flexibility index (Phi) is 7.64.